The second-order valence-electron chi connectivity index (χ2n) is 9.56. The third-order valence-corrected chi connectivity index (χ3v) is 6.75. The Kier molecular flexibility index (Phi) is 9.53. The number of ketones is 2. The lowest BCUT2D eigenvalue weighted by Gasteiger charge is -2.30. The zero-order chi connectivity index (χ0) is 28.9. The largest absolute Gasteiger partial charge is 0.427 e. The summed E-state index contributed by atoms with van der Waals surface area (Å²) in [5.41, 5.74) is 7.58. The molecule has 1 unspecified atom stereocenters. The molecule has 0 aliphatic heterocycles. The summed E-state index contributed by atoms with van der Waals surface area (Å²) in [4.78, 5) is 55.1. The zero-order valence-corrected chi connectivity index (χ0v) is 23.2. The standard InChI is InChI=1S/C30H34N2O7/c1-7-9-24(31-38-8-2)29-25(34)15-22(28-18(4)14-17(3)27(19(28)5)20(6)33)16-26(29)39-30(35)21-10-12-23(13-11-21)32(36)37/h9-14,22,31H,7-8,15-16H2,1-6H3. The molecule has 1 atom stereocenters. The van der Waals surface area contributed by atoms with Crippen molar-refractivity contribution in [2.24, 2.45) is 0 Å². The number of nitro groups is 1. The number of nitrogens with zero attached hydrogens (tertiary/aromatic N) is 1. The van der Waals surface area contributed by atoms with Crippen molar-refractivity contribution in [2.45, 2.75) is 66.7 Å². The molecule has 9 nitrogen and oxygen atoms in total. The highest BCUT2D eigenvalue weighted by Gasteiger charge is 2.35. The van der Waals surface area contributed by atoms with Gasteiger partial charge in [0.2, 0.25) is 0 Å². The summed E-state index contributed by atoms with van der Waals surface area (Å²) < 4.78 is 5.85. The number of allylic oxidation sites excluding steroid dienone is 3. The molecule has 39 heavy (non-hydrogen) atoms. The lowest BCUT2D eigenvalue weighted by atomic mass is 9.76. The number of benzene rings is 2. The number of rotatable bonds is 10. The average molecular weight is 535 g/mol. The number of Topliss-reactive ketones (excluding diaryl/α,β-unsaturated/α-hetero) is 2. The minimum absolute atomic E-state index is 0.0523. The number of hydrogen-bond acceptors (Lipinski definition) is 8. The van der Waals surface area contributed by atoms with E-state index in [0.717, 1.165) is 22.3 Å². The highest BCUT2D eigenvalue weighted by atomic mass is 16.6. The fraction of sp³-hybridized carbons (Fsp3) is 0.367. The molecule has 0 saturated carbocycles. The van der Waals surface area contributed by atoms with E-state index in [4.69, 9.17) is 9.57 Å². The van der Waals surface area contributed by atoms with Gasteiger partial charge in [-0.2, -0.15) is 0 Å². The molecule has 0 radical (unpaired) electrons. The molecule has 0 bridgehead atoms. The Morgan fingerprint density at radius 3 is 2.33 bits per heavy atom. The Labute approximate surface area is 228 Å². The molecule has 0 saturated heterocycles. The van der Waals surface area contributed by atoms with Gasteiger partial charge in [-0.05, 0) is 81.3 Å². The number of nitro benzene ring substituents is 1. The molecular formula is C30H34N2O7. The molecule has 0 heterocycles. The summed E-state index contributed by atoms with van der Waals surface area (Å²) in [6.07, 6.45) is 2.78. The van der Waals surface area contributed by atoms with Crippen molar-refractivity contribution in [2.75, 3.05) is 6.61 Å². The van der Waals surface area contributed by atoms with Crippen molar-refractivity contribution >= 4 is 23.2 Å². The van der Waals surface area contributed by atoms with Crippen molar-refractivity contribution < 1.29 is 28.9 Å². The number of nitrogens with one attached hydrogen (secondary N) is 1. The van der Waals surface area contributed by atoms with E-state index in [1.165, 1.54) is 31.2 Å². The van der Waals surface area contributed by atoms with Crippen LogP contribution in [0.25, 0.3) is 0 Å². The lowest BCUT2D eigenvalue weighted by Crippen LogP contribution is -2.28. The summed E-state index contributed by atoms with van der Waals surface area (Å²) in [5, 5.41) is 11.0. The maximum Gasteiger partial charge on any atom is 0.343 e. The summed E-state index contributed by atoms with van der Waals surface area (Å²) >= 11 is 0. The van der Waals surface area contributed by atoms with Crippen LogP contribution < -0.4 is 5.48 Å². The maximum atomic E-state index is 13.7. The number of hydroxylamine groups is 1. The minimum atomic E-state index is -0.736. The van der Waals surface area contributed by atoms with Gasteiger partial charge >= 0.3 is 5.97 Å². The van der Waals surface area contributed by atoms with E-state index in [0.29, 0.717) is 24.3 Å². The number of hydrogen-bond donors (Lipinski definition) is 1. The molecule has 0 fully saturated rings. The molecule has 0 aromatic heterocycles. The first-order valence-corrected chi connectivity index (χ1v) is 12.9. The smallest absolute Gasteiger partial charge is 0.343 e. The van der Waals surface area contributed by atoms with Gasteiger partial charge in [0.15, 0.2) is 11.6 Å². The maximum absolute atomic E-state index is 13.7. The lowest BCUT2D eigenvalue weighted by molar-refractivity contribution is -0.384. The van der Waals surface area contributed by atoms with Crippen LogP contribution in [-0.4, -0.2) is 29.1 Å². The predicted molar refractivity (Wildman–Crippen MR) is 146 cm³/mol. The second-order valence-corrected chi connectivity index (χ2v) is 9.56. The van der Waals surface area contributed by atoms with Crippen LogP contribution >= 0.6 is 0 Å². The van der Waals surface area contributed by atoms with E-state index in [2.05, 4.69) is 5.48 Å². The summed E-state index contributed by atoms with van der Waals surface area (Å²) in [6.45, 7) is 11.3. The molecule has 2 aromatic carbocycles. The second kappa shape index (κ2) is 12.6. The molecule has 2 aromatic rings. The Balaban J connectivity index is 2.11. The molecule has 0 spiro atoms. The number of esters is 1. The van der Waals surface area contributed by atoms with Gasteiger partial charge in [-0.15, -0.1) is 0 Å². The predicted octanol–water partition coefficient (Wildman–Crippen LogP) is 6.12. The Morgan fingerprint density at radius 2 is 1.77 bits per heavy atom. The number of aryl methyl sites for hydroxylation is 2. The first-order chi connectivity index (χ1) is 18.5. The normalized spacial score (nSPS) is 15.8. The first-order valence-electron chi connectivity index (χ1n) is 12.9. The molecular weight excluding hydrogens is 500 g/mol. The van der Waals surface area contributed by atoms with Crippen molar-refractivity contribution in [1.82, 2.24) is 5.48 Å². The van der Waals surface area contributed by atoms with Gasteiger partial charge in [-0.1, -0.05) is 19.1 Å². The van der Waals surface area contributed by atoms with Gasteiger partial charge in [0.25, 0.3) is 5.69 Å². The number of carbonyl (C=O) groups is 3. The van der Waals surface area contributed by atoms with Crippen LogP contribution in [0.3, 0.4) is 0 Å². The first kappa shape index (κ1) is 29.4. The van der Waals surface area contributed by atoms with Gasteiger partial charge in [0.1, 0.15) is 5.76 Å². The number of ether oxygens (including phenoxy) is 1. The van der Waals surface area contributed by atoms with E-state index < -0.39 is 10.9 Å². The van der Waals surface area contributed by atoms with E-state index in [9.17, 15) is 24.5 Å². The molecule has 1 aliphatic rings. The molecule has 1 N–H and O–H groups in total. The van der Waals surface area contributed by atoms with Gasteiger partial charge in [0.05, 0.1) is 28.4 Å². The minimum Gasteiger partial charge on any atom is -0.427 e. The Morgan fingerprint density at radius 1 is 1.10 bits per heavy atom. The monoisotopic (exact) mass is 534 g/mol. The fourth-order valence-electron chi connectivity index (χ4n) is 5.29. The quantitative estimate of drug-likeness (QED) is 0.167. The Bertz CT molecular complexity index is 1370. The molecule has 206 valence electrons. The average Bonchev–Trinajstić information content (AvgIpc) is 2.86. The molecule has 3 rings (SSSR count). The Hall–Kier alpha value is -4.11. The summed E-state index contributed by atoms with van der Waals surface area (Å²) in [6, 6.07) is 7.03. The van der Waals surface area contributed by atoms with Crippen LogP contribution in [-0.2, 0) is 14.4 Å². The van der Waals surface area contributed by atoms with Crippen molar-refractivity contribution in [1.29, 1.82) is 0 Å². The topological polar surface area (TPSA) is 125 Å². The van der Waals surface area contributed by atoms with Crippen LogP contribution in [0.5, 0.6) is 0 Å². The van der Waals surface area contributed by atoms with Crippen molar-refractivity contribution in [3.8, 4) is 0 Å². The zero-order valence-electron chi connectivity index (χ0n) is 23.2. The van der Waals surface area contributed by atoms with Crippen molar-refractivity contribution in [3.63, 3.8) is 0 Å². The van der Waals surface area contributed by atoms with Crippen LogP contribution in [0.2, 0.25) is 0 Å². The van der Waals surface area contributed by atoms with Crippen LogP contribution in [0.1, 0.15) is 88.9 Å². The third-order valence-electron chi connectivity index (χ3n) is 6.75. The highest BCUT2D eigenvalue weighted by Crippen LogP contribution is 2.41. The van der Waals surface area contributed by atoms with Crippen LogP contribution in [0, 0.1) is 30.9 Å². The van der Waals surface area contributed by atoms with Crippen LogP contribution in [0.15, 0.2) is 53.4 Å². The third kappa shape index (κ3) is 6.49. The number of carbonyl (C=O) groups excluding carboxylic acids is 3. The summed E-state index contributed by atoms with van der Waals surface area (Å²) in [7, 11) is 0. The molecule has 9 heteroatoms. The van der Waals surface area contributed by atoms with Gasteiger partial charge < -0.3 is 4.74 Å². The van der Waals surface area contributed by atoms with E-state index >= 15 is 0 Å². The van der Waals surface area contributed by atoms with Crippen molar-refractivity contribution in [3.05, 3.63) is 96.9 Å². The number of non-ortho nitro benzene ring substituents is 1. The van der Waals surface area contributed by atoms with Gasteiger partial charge in [0, 0.05) is 30.5 Å². The van der Waals surface area contributed by atoms with E-state index in [-0.39, 0.29) is 52.9 Å². The SMILES string of the molecule is CCC=C(NOCC)C1=C(OC(=O)c2ccc([N+](=O)[O-])cc2)CC(c2c(C)cc(C)c(C(C)=O)c2C)CC1=O. The van der Waals surface area contributed by atoms with E-state index in [1.807, 2.05) is 33.8 Å². The van der Waals surface area contributed by atoms with Crippen LogP contribution in [0.4, 0.5) is 5.69 Å². The summed E-state index contributed by atoms with van der Waals surface area (Å²) in [5.74, 6) is -1.17. The molecule has 0 amide bonds. The highest BCUT2D eigenvalue weighted by molar-refractivity contribution is 6.02. The van der Waals surface area contributed by atoms with Gasteiger partial charge in [-0.25, -0.2) is 4.79 Å². The fourth-order valence-corrected chi connectivity index (χ4v) is 5.29. The van der Waals surface area contributed by atoms with E-state index in [1.54, 1.807) is 13.0 Å². The molecule has 1 aliphatic carbocycles. The van der Waals surface area contributed by atoms with Gasteiger partial charge in [-0.3, -0.25) is 30.0 Å².